The third-order valence-corrected chi connectivity index (χ3v) is 6.26. The van der Waals surface area contributed by atoms with Gasteiger partial charge in [-0.25, -0.2) is 14.3 Å². The molecule has 6 rings (SSSR count). The van der Waals surface area contributed by atoms with Crippen LogP contribution in [0.2, 0.25) is 0 Å². The average Bonchev–Trinajstić information content (AvgIpc) is 3.48. The summed E-state index contributed by atoms with van der Waals surface area (Å²) in [6.45, 7) is 2.33. The van der Waals surface area contributed by atoms with Crippen LogP contribution in [0.15, 0.2) is 79.1 Å². The number of carbonyl (C=O) groups excluding carboxylic acids is 1. The van der Waals surface area contributed by atoms with Crippen molar-refractivity contribution in [3.05, 3.63) is 102 Å². The molecule has 1 amide bonds. The zero-order valence-corrected chi connectivity index (χ0v) is 18.8. The number of benzene rings is 2. The monoisotopic (exact) mass is 448 g/mol. The fraction of sp³-hybridized carbons (Fsp3) is 0.185. The minimum atomic E-state index is -0.125. The average molecular weight is 449 g/mol. The first-order valence-electron chi connectivity index (χ1n) is 11.5. The molecular formula is C27H24N6O. The Bertz CT molecular complexity index is 1480. The summed E-state index contributed by atoms with van der Waals surface area (Å²) < 4.78 is 3.66. The SMILES string of the molecule is Cc1nn(-c2ccccc2)c2nc(C3CC3)cc(C(=O)NCc3ccccc3-n3cccn3)c12. The van der Waals surface area contributed by atoms with Crippen LogP contribution in [0.25, 0.3) is 22.4 Å². The molecule has 3 aromatic heterocycles. The Balaban J connectivity index is 1.38. The lowest BCUT2D eigenvalue weighted by molar-refractivity contribution is 0.0952. The van der Waals surface area contributed by atoms with Crippen LogP contribution in [-0.4, -0.2) is 30.5 Å². The van der Waals surface area contributed by atoms with E-state index in [1.54, 1.807) is 6.20 Å². The Labute approximate surface area is 197 Å². The molecule has 0 saturated heterocycles. The first kappa shape index (κ1) is 20.4. The highest BCUT2D eigenvalue weighted by Gasteiger charge is 2.29. The summed E-state index contributed by atoms with van der Waals surface area (Å²) in [7, 11) is 0. The van der Waals surface area contributed by atoms with Crippen LogP contribution < -0.4 is 5.32 Å². The van der Waals surface area contributed by atoms with Gasteiger partial charge >= 0.3 is 0 Å². The number of hydrogen-bond acceptors (Lipinski definition) is 4. The van der Waals surface area contributed by atoms with Gasteiger partial charge in [0.25, 0.3) is 5.91 Å². The van der Waals surface area contributed by atoms with Gasteiger partial charge in [-0.05, 0) is 55.7 Å². The Hall–Kier alpha value is -4.26. The molecule has 0 spiro atoms. The predicted octanol–water partition coefficient (Wildman–Crippen LogP) is 4.72. The molecule has 0 aliphatic heterocycles. The molecule has 7 heteroatoms. The van der Waals surface area contributed by atoms with Crippen molar-refractivity contribution in [1.82, 2.24) is 29.9 Å². The van der Waals surface area contributed by atoms with Crippen molar-refractivity contribution >= 4 is 16.9 Å². The summed E-state index contributed by atoms with van der Waals surface area (Å²) in [5, 5.41) is 13.0. The van der Waals surface area contributed by atoms with Crippen molar-refractivity contribution in [3.8, 4) is 11.4 Å². The van der Waals surface area contributed by atoms with E-state index in [0.29, 0.717) is 18.0 Å². The lowest BCUT2D eigenvalue weighted by Gasteiger charge is -2.12. The van der Waals surface area contributed by atoms with Gasteiger partial charge in [0.05, 0.1) is 28.0 Å². The van der Waals surface area contributed by atoms with Crippen LogP contribution in [0, 0.1) is 6.92 Å². The van der Waals surface area contributed by atoms with E-state index in [1.165, 1.54) is 0 Å². The summed E-state index contributed by atoms with van der Waals surface area (Å²) in [6, 6.07) is 21.7. The summed E-state index contributed by atoms with van der Waals surface area (Å²) in [5.74, 6) is 0.288. The van der Waals surface area contributed by atoms with Crippen molar-refractivity contribution < 1.29 is 4.79 Å². The molecule has 0 radical (unpaired) electrons. The first-order valence-corrected chi connectivity index (χ1v) is 11.5. The largest absolute Gasteiger partial charge is 0.348 e. The highest BCUT2D eigenvalue weighted by molar-refractivity contribution is 6.06. The highest BCUT2D eigenvalue weighted by Crippen LogP contribution is 2.40. The summed E-state index contributed by atoms with van der Waals surface area (Å²) >= 11 is 0. The van der Waals surface area contributed by atoms with Crippen LogP contribution in [0.5, 0.6) is 0 Å². The van der Waals surface area contributed by atoms with Crippen molar-refractivity contribution in [3.63, 3.8) is 0 Å². The predicted molar refractivity (Wildman–Crippen MR) is 130 cm³/mol. The molecule has 0 unspecified atom stereocenters. The maximum absolute atomic E-state index is 13.5. The second-order valence-electron chi connectivity index (χ2n) is 8.66. The summed E-state index contributed by atoms with van der Waals surface area (Å²) in [4.78, 5) is 18.5. The van der Waals surface area contributed by atoms with Crippen LogP contribution in [0.3, 0.4) is 0 Å². The topological polar surface area (TPSA) is 77.6 Å². The number of para-hydroxylation sites is 2. The minimum Gasteiger partial charge on any atom is -0.348 e. The Morgan fingerprint density at radius 1 is 1.06 bits per heavy atom. The Morgan fingerprint density at radius 3 is 2.62 bits per heavy atom. The number of nitrogens with zero attached hydrogens (tertiary/aromatic N) is 5. The van der Waals surface area contributed by atoms with E-state index in [9.17, 15) is 4.79 Å². The number of hydrogen-bond donors (Lipinski definition) is 1. The molecule has 2 aromatic carbocycles. The molecular weight excluding hydrogens is 424 g/mol. The second kappa shape index (κ2) is 8.26. The summed E-state index contributed by atoms with van der Waals surface area (Å²) in [5.41, 5.74) is 5.98. The molecule has 168 valence electrons. The fourth-order valence-electron chi connectivity index (χ4n) is 4.39. The van der Waals surface area contributed by atoms with Crippen LogP contribution in [0.4, 0.5) is 0 Å². The van der Waals surface area contributed by atoms with E-state index < -0.39 is 0 Å². The van der Waals surface area contributed by atoms with Crippen molar-refractivity contribution in [2.45, 2.75) is 32.2 Å². The first-order chi connectivity index (χ1) is 16.7. The van der Waals surface area contributed by atoms with E-state index in [-0.39, 0.29) is 5.91 Å². The molecule has 5 aromatic rings. The van der Waals surface area contributed by atoms with Gasteiger partial charge in [-0.3, -0.25) is 4.79 Å². The number of amides is 1. The third-order valence-electron chi connectivity index (χ3n) is 6.26. The smallest absolute Gasteiger partial charge is 0.252 e. The third kappa shape index (κ3) is 3.65. The Kier molecular flexibility index (Phi) is 4.95. The van der Waals surface area contributed by atoms with Gasteiger partial charge in [0.2, 0.25) is 0 Å². The van der Waals surface area contributed by atoms with Gasteiger partial charge in [0, 0.05) is 30.6 Å². The van der Waals surface area contributed by atoms with Gasteiger partial charge in [-0.15, -0.1) is 0 Å². The molecule has 7 nitrogen and oxygen atoms in total. The molecule has 1 N–H and O–H groups in total. The summed E-state index contributed by atoms with van der Waals surface area (Å²) in [6.07, 6.45) is 5.86. The number of fused-ring (bicyclic) bond motifs is 1. The van der Waals surface area contributed by atoms with Gasteiger partial charge < -0.3 is 5.32 Å². The van der Waals surface area contributed by atoms with E-state index >= 15 is 0 Å². The molecule has 1 saturated carbocycles. The van der Waals surface area contributed by atoms with Crippen LogP contribution in [0.1, 0.15) is 46.1 Å². The van der Waals surface area contributed by atoms with Crippen LogP contribution >= 0.6 is 0 Å². The van der Waals surface area contributed by atoms with Gasteiger partial charge in [-0.1, -0.05) is 36.4 Å². The molecule has 0 bridgehead atoms. The van der Waals surface area contributed by atoms with Crippen molar-refractivity contribution in [1.29, 1.82) is 0 Å². The number of aromatic nitrogens is 5. The van der Waals surface area contributed by atoms with E-state index in [4.69, 9.17) is 10.1 Å². The van der Waals surface area contributed by atoms with Gasteiger partial charge in [0.1, 0.15) is 0 Å². The Morgan fingerprint density at radius 2 is 1.85 bits per heavy atom. The maximum Gasteiger partial charge on any atom is 0.252 e. The lowest BCUT2D eigenvalue weighted by Crippen LogP contribution is -2.24. The lowest BCUT2D eigenvalue weighted by atomic mass is 10.1. The number of pyridine rings is 1. The van der Waals surface area contributed by atoms with Crippen molar-refractivity contribution in [2.75, 3.05) is 0 Å². The molecule has 0 atom stereocenters. The molecule has 3 heterocycles. The normalized spacial score (nSPS) is 13.3. The van der Waals surface area contributed by atoms with E-state index in [1.807, 2.05) is 89.2 Å². The number of rotatable bonds is 6. The molecule has 1 aliphatic carbocycles. The van der Waals surface area contributed by atoms with Crippen molar-refractivity contribution in [2.24, 2.45) is 0 Å². The standard InChI is InChI=1S/C27H24N6O/c1-18-25-22(27(34)28-17-20-8-5-6-11-24(20)32-15-7-14-29-32)16-23(19-12-13-19)30-26(25)33(31-18)21-9-3-2-4-10-21/h2-11,14-16,19H,12-13,17H2,1H3,(H,28,34). The molecule has 1 aliphatic rings. The van der Waals surface area contributed by atoms with E-state index in [2.05, 4.69) is 10.4 Å². The quantitative estimate of drug-likeness (QED) is 0.408. The minimum absolute atomic E-state index is 0.125. The van der Waals surface area contributed by atoms with E-state index in [0.717, 1.165) is 52.2 Å². The van der Waals surface area contributed by atoms with Gasteiger partial charge in [0.15, 0.2) is 5.65 Å². The number of carbonyl (C=O) groups is 1. The number of nitrogens with one attached hydrogen (secondary N) is 1. The zero-order chi connectivity index (χ0) is 23.1. The second-order valence-corrected chi connectivity index (χ2v) is 8.66. The number of aryl methyl sites for hydroxylation is 1. The van der Waals surface area contributed by atoms with Crippen LogP contribution in [-0.2, 0) is 6.54 Å². The van der Waals surface area contributed by atoms with Gasteiger partial charge in [-0.2, -0.15) is 10.2 Å². The highest BCUT2D eigenvalue weighted by atomic mass is 16.1. The maximum atomic E-state index is 13.5. The molecule has 34 heavy (non-hydrogen) atoms. The fourth-order valence-corrected chi connectivity index (χ4v) is 4.39. The zero-order valence-electron chi connectivity index (χ0n) is 18.8. The molecule has 1 fully saturated rings.